The second kappa shape index (κ2) is 2.83. The summed E-state index contributed by atoms with van der Waals surface area (Å²) in [5, 5.41) is 3.37. The summed E-state index contributed by atoms with van der Waals surface area (Å²) in [6, 6.07) is 0.567. The zero-order chi connectivity index (χ0) is 9.54. The first-order chi connectivity index (χ1) is 6.83. The van der Waals surface area contributed by atoms with E-state index in [1.807, 2.05) is 0 Å². The van der Waals surface area contributed by atoms with Gasteiger partial charge in [-0.25, -0.2) is 9.97 Å². The van der Waals surface area contributed by atoms with Gasteiger partial charge in [0.2, 0.25) is 0 Å². The van der Waals surface area contributed by atoms with Crippen LogP contribution in [-0.4, -0.2) is 16.0 Å². The fourth-order valence-corrected chi connectivity index (χ4v) is 2.49. The van der Waals surface area contributed by atoms with Crippen LogP contribution >= 0.6 is 0 Å². The number of anilines is 2. The van der Waals surface area contributed by atoms with Crippen LogP contribution in [0.3, 0.4) is 0 Å². The molecule has 1 aromatic heterocycles. The van der Waals surface area contributed by atoms with Crippen molar-refractivity contribution in [3.63, 3.8) is 0 Å². The first kappa shape index (κ1) is 8.03. The Balaban J connectivity index is 1.69. The molecule has 0 spiro atoms. The minimum Gasteiger partial charge on any atom is -0.381 e. The molecule has 2 atom stereocenters. The monoisotopic (exact) mass is 190 g/mol. The van der Waals surface area contributed by atoms with Gasteiger partial charge < -0.3 is 11.1 Å². The molecule has 1 heterocycles. The number of nitrogens with two attached hydrogens (primary N) is 1. The van der Waals surface area contributed by atoms with Crippen molar-refractivity contribution in [3.8, 4) is 0 Å². The quantitative estimate of drug-likeness (QED) is 0.737. The van der Waals surface area contributed by atoms with Crippen LogP contribution in [0.25, 0.3) is 0 Å². The lowest BCUT2D eigenvalue weighted by Crippen LogP contribution is -2.19. The van der Waals surface area contributed by atoms with Crippen molar-refractivity contribution >= 4 is 11.6 Å². The molecule has 14 heavy (non-hydrogen) atoms. The molecule has 74 valence electrons. The molecular weight excluding hydrogens is 176 g/mol. The lowest BCUT2D eigenvalue weighted by atomic mass is 10.1. The molecule has 1 aromatic rings. The molecule has 4 nitrogen and oxygen atoms in total. The van der Waals surface area contributed by atoms with E-state index in [1.54, 1.807) is 12.4 Å². The summed E-state index contributed by atoms with van der Waals surface area (Å²) in [7, 11) is 0. The van der Waals surface area contributed by atoms with Gasteiger partial charge in [-0.15, -0.1) is 0 Å². The molecule has 3 N–H and O–H groups in total. The number of nitrogen functional groups attached to an aromatic ring is 1. The van der Waals surface area contributed by atoms with Crippen molar-refractivity contribution in [1.82, 2.24) is 9.97 Å². The van der Waals surface area contributed by atoms with Crippen LogP contribution < -0.4 is 11.1 Å². The second-order valence-corrected chi connectivity index (χ2v) is 4.36. The average Bonchev–Trinajstić information content (AvgIpc) is 2.79. The molecule has 2 aliphatic rings. The highest BCUT2D eigenvalue weighted by atomic mass is 15.1. The SMILES string of the molecule is Nc1nccnc1NC1CC2CC2C1. The van der Waals surface area contributed by atoms with Gasteiger partial charge in [0.15, 0.2) is 11.6 Å². The van der Waals surface area contributed by atoms with Gasteiger partial charge in [-0.05, 0) is 31.1 Å². The molecular formula is C10H14N4. The molecule has 0 aromatic carbocycles. The highest BCUT2D eigenvalue weighted by Crippen LogP contribution is 2.52. The van der Waals surface area contributed by atoms with Gasteiger partial charge in [0.25, 0.3) is 0 Å². The molecule has 4 heteroatoms. The van der Waals surface area contributed by atoms with Crippen LogP contribution in [0.15, 0.2) is 12.4 Å². The summed E-state index contributed by atoms with van der Waals surface area (Å²) in [5.41, 5.74) is 5.71. The van der Waals surface area contributed by atoms with Gasteiger partial charge in [-0.1, -0.05) is 0 Å². The number of nitrogens with zero attached hydrogens (tertiary/aromatic N) is 2. The van der Waals surface area contributed by atoms with Crippen LogP contribution in [0, 0.1) is 11.8 Å². The van der Waals surface area contributed by atoms with Gasteiger partial charge in [0, 0.05) is 18.4 Å². The summed E-state index contributed by atoms with van der Waals surface area (Å²) in [6.45, 7) is 0. The number of aromatic nitrogens is 2. The van der Waals surface area contributed by atoms with E-state index in [0.717, 1.165) is 17.7 Å². The Morgan fingerprint density at radius 2 is 1.86 bits per heavy atom. The lowest BCUT2D eigenvalue weighted by Gasteiger charge is -2.15. The molecule has 2 unspecified atom stereocenters. The maximum absolute atomic E-state index is 5.71. The largest absolute Gasteiger partial charge is 0.381 e. The van der Waals surface area contributed by atoms with Crippen molar-refractivity contribution in [2.75, 3.05) is 11.1 Å². The predicted octanol–water partition coefficient (Wildman–Crippen LogP) is 1.27. The summed E-state index contributed by atoms with van der Waals surface area (Å²) in [4.78, 5) is 8.19. The minimum absolute atomic E-state index is 0.507. The highest BCUT2D eigenvalue weighted by Gasteiger charge is 2.45. The van der Waals surface area contributed by atoms with Crippen LogP contribution in [-0.2, 0) is 0 Å². The highest BCUT2D eigenvalue weighted by molar-refractivity contribution is 5.55. The van der Waals surface area contributed by atoms with Gasteiger partial charge >= 0.3 is 0 Å². The minimum atomic E-state index is 0.507. The first-order valence-electron chi connectivity index (χ1n) is 5.16. The maximum Gasteiger partial charge on any atom is 0.169 e. The molecule has 0 amide bonds. The van der Waals surface area contributed by atoms with E-state index in [1.165, 1.54) is 19.3 Å². The zero-order valence-corrected chi connectivity index (χ0v) is 7.98. The van der Waals surface area contributed by atoms with Gasteiger partial charge in [-0.3, -0.25) is 0 Å². The average molecular weight is 190 g/mol. The summed E-state index contributed by atoms with van der Waals surface area (Å²) in [6.07, 6.45) is 7.29. The van der Waals surface area contributed by atoms with Crippen molar-refractivity contribution in [3.05, 3.63) is 12.4 Å². The van der Waals surface area contributed by atoms with Crippen LogP contribution in [0.4, 0.5) is 11.6 Å². The number of hydrogen-bond donors (Lipinski definition) is 2. The van der Waals surface area contributed by atoms with Crippen LogP contribution in [0.5, 0.6) is 0 Å². The number of fused-ring (bicyclic) bond motifs is 1. The predicted molar refractivity (Wildman–Crippen MR) is 54.7 cm³/mol. The van der Waals surface area contributed by atoms with Crippen LogP contribution in [0.1, 0.15) is 19.3 Å². The standard InChI is InChI=1S/C10H14N4/c11-9-10(13-2-1-12-9)14-8-4-6-3-7(6)5-8/h1-2,6-8H,3-5H2,(H2,11,12)(H,13,14). The van der Waals surface area contributed by atoms with Gasteiger partial charge in [0.1, 0.15) is 0 Å². The summed E-state index contributed by atoms with van der Waals surface area (Å²) in [5.74, 6) is 3.21. The Hall–Kier alpha value is -1.32. The van der Waals surface area contributed by atoms with Crippen molar-refractivity contribution in [2.24, 2.45) is 11.8 Å². The molecule has 2 aliphatic carbocycles. The first-order valence-corrected chi connectivity index (χ1v) is 5.16. The molecule has 0 saturated heterocycles. The van der Waals surface area contributed by atoms with Crippen molar-refractivity contribution in [1.29, 1.82) is 0 Å². The Morgan fingerprint density at radius 3 is 2.57 bits per heavy atom. The fourth-order valence-electron chi connectivity index (χ4n) is 2.49. The Kier molecular flexibility index (Phi) is 1.63. The Labute approximate surface area is 82.9 Å². The van der Waals surface area contributed by atoms with Crippen molar-refractivity contribution < 1.29 is 0 Å². The van der Waals surface area contributed by atoms with E-state index >= 15 is 0 Å². The summed E-state index contributed by atoms with van der Waals surface area (Å²) >= 11 is 0. The fraction of sp³-hybridized carbons (Fsp3) is 0.600. The van der Waals surface area contributed by atoms with Gasteiger partial charge in [0.05, 0.1) is 0 Å². The third-order valence-electron chi connectivity index (χ3n) is 3.31. The lowest BCUT2D eigenvalue weighted by molar-refractivity contribution is 0.649. The molecule has 0 bridgehead atoms. The zero-order valence-electron chi connectivity index (χ0n) is 7.98. The number of rotatable bonds is 2. The summed E-state index contributed by atoms with van der Waals surface area (Å²) < 4.78 is 0. The molecule has 2 saturated carbocycles. The van der Waals surface area contributed by atoms with E-state index in [4.69, 9.17) is 5.73 Å². The Morgan fingerprint density at radius 1 is 1.14 bits per heavy atom. The third kappa shape index (κ3) is 1.31. The van der Waals surface area contributed by atoms with E-state index < -0.39 is 0 Å². The van der Waals surface area contributed by atoms with E-state index in [9.17, 15) is 0 Å². The third-order valence-corrected chi connectivity index (χ3v) is 3.31. The van der Waals surface area contributed by atoms with Gasteiger partial charge in [-0.2, -0.15) is 0 Å². The van der Waals surface area contributed by atoms with Crippen LogP contribution in [0.2, 0.25) is 0 Å². The topological polar surface area (TPSA) is 63.8 Å². The molecule has 0 aliphatic heterocycles. The maximum atomic E-state index is 5.71. The smallest absolute Gasteiger partial charge is 0.169 e. The Bertz CT molecular complexity index is 342. The second-order valence-electron chi connectivity index (χ2n) is 4.36. The normalized spacial score (nSPS) is 33.9. The van der Waals surface area contributed by atoms with E-state index in [0.29, 0.717) is 11.9 Å². The number of nitrogens with one attached hydrogen (secondary N) is 1. The van der Waals surface area contributed by atoms with E-state index in [2.05, 4.69) is 15.3 Å². The molecule has 2 fully saturated rings. The molecule has 3 rings (SSSR count). The number of hydrogen-bond acceptors (Lipinski definition) is 4. The van der Waals surface area contributed by atoms with Crippen molar-refractivity contribution in [2.45, 2.75) is 25.3 Å². The molecule has 0 radical (unpaired) electrons. The van der Waals surface area contributed by atoms with E-state index in [-0.39, 0.29) is 0 Å².